The van der Waals surface area contributed by atoms with E-state index in [1.165, 1.54) is 12.4 Å². The van der Waals surface area contributed by atoms with Gasteiger partial charge in [-0.2, -0.15) is 5.10 Å². The number of carbonyl (C=O) groups is 1. The molecule has 1 unspecified atom stereocenters. The summed E-state index contributed by atoms with van der Waals surface area (Å²) in [6, 6.07) is 4.15. The molecule has 1 aliphatic heterocycles. The van der Waals surface area contributed by atoms with Gasteiger partial charge in [-0.3, -0.25) is 5.10 Å². The number of likely N-dealkylation sites (tertiary alicyclic amines) is 1. The van der Waals surface area contributed by atoms with E-state index in [4.69, 9.17) is 0 Å². The van der Waals surface area contributed by atoms with Crippen LogP contribution < -0.4 is 5.32 Å². The molecule has 1 aliphatic carbocycles. The summed E-state index contributed by atoms with van der Waals surface area (Å²) < 4.78 is 28.2. The first-order chi connectivity index (χ1) is 13.1. The fourth-order valence-corrected chi connectivity index (χ4v) is 4.44. The van der Waals surface area contributed by atoms with Crippen molar-refractivity contribution in [2.75, 3.05) is 19.6 Å². The van der Waals surface area contributed by atoms with E-state index in [1.54, 1.807) is 11.0 Å². The van der Waals surface area contributed by atoms with Crippen molar-refractivity contribution in [3.63, 3.8) is 0 Å². The smallest absolute Gasteiger partial charge is 0.317 e. The van der Waals surface area contributed by atoms with Gasteiger partial charge in [-0.1, -0.05) is 25.0 Å². The van der Waals surface area contributed by atoms with Crippen molar-refractivity contribution in [3.05, 3.63) is 47.5 Å². The second-order valence-corrected chi connectivity index (χ2v) is 7.55. The third kappa shape index (κ3) is 3.40. The Morgan fingerprint density at radius 2 is 2.15 bits per heavy atom. The maximum Gasteiger partial charge on any atom is 0.317 e. The van der Waals surface area contributed by atoms with Crippen LogP contribution in [0.25, 0.3) is 0 Å². The number of nitrogens with one attached hydrogen (secondary N) is 2. The molecule has 2 N–H and O–H groups in total. The average molecular weight is 375 g/mol. The monoisotopic (exact) mass is 375 g/mol. The number of urea groups is 1. The lowest BCUT2D eigenvalue weighted by Gasteiger charge is -2.31. The first-order valence-corrected chi connectivity index (χ1v) is 9.42. The summed E-state index contributed by atoms with van der Waals surface area (Å²) in [5.41, 5.74) is -0.160. The number of halogens is 2. The van der Waals surface area contributed by atoms with E-state index in [2.05, 4.69) is 20.5 Å². The summed E-state index contributed by atoms with van der Waals surface area (Å²) in [6.45, 7) is 1.52. The zero-order valence-corrected chi connectivity index (χ0v) is 15.0. The van der Waals surface area contributed by atoms with Gasteiger partial charge < -0.3 is 10.2 Å². The molecule has 2 amide bonds. The standard InChI is InChI=1S/C19H23F2N5O/c20-15-5-3-4-14(16(15)21)19(7-1-2-8-19)11-22-18(27)26-9-6-13(10-26)17-23-12-24-25-17/h3-5,12-13H,1-2,6-11H2,(H,22,27)(H,23,24,25). The van der Waals surface area contributed by atoms with E-state index < -0.39 is 17.0 Å². The zero-order valence-electron chi connectivity index (χ0n) is 15.0. The van der Waals surface area contributed by atoms with Gasteiger partial charge in [0.05, 0.1) is 0 Å². The maximum atomic E-state index is 14.4. The van der Waals surface area contributed by atoms with Gasteiger partial charge in [-0.25, -0.2) is 18.6 Å². The van der Waals surface area contributed by atoms with E-state index in [0.717, 1.165) is 44.0 Å². The third-order valence-corrected chi connectivity index (χ3v) is 5.96. The van der Waals surface area contributed by atoms with Gasteiger partial charge in [0, 0.05) is 31.0 Å². The van der Waals surface area contributed by atoms with Crippen molar-refractivity contribution >= 4 is 6.03 Å². The lowest BCUT2D eigenvalue weighted by atomic mass is 9.78. The van der Waals surface area contributed by atoms with Crippen LogP contribution in [0.15, 0.2) is 24.5 Å². The predicted octanol–water partition coefficient (Wildman–Crippen LogP) is 3.09. The molecule has 0 bridgehead atoms. The fraction of sp³-hybridized carbons (Fsp3) is 0.526. The van der Waals surface area contributed by atoms with Crippen LogP contribution in [0.4, 0.5) is 13.6 Å². The molecule has 2 heterocycles. The van der Waals surface area contributed by atoms with E-state index in [1.807, 2.05) is 0 Å². The van der Waals surface area contributed by atoms with E-state index in [9.17, 15) is 13.6 Å². The second kappa shape index (κ2) is 7.25. The molecule has 6 nitrogen and oxygen atoms in total. The predicted molar refractivity (Wildman–Crippen MR) is 95.2 cm³/mol. The van der Waals surface area contributed by atoms with Gasteiger partial charge >= 0.3 is 6.03 Å². The van der Waals surface area contributed by atoms with Crippen LogP contribution in [0.2, 0.25) is 0 Å². The Labute approximate surface area is 156 Å². The van der Waals surface area contributed by atoms with Gasteiger partial charge in [0.15, 0.2) is 11.6 Å². The van der Waals surface area contributed by atoms with Crippen LogP contribution in [0.1, 0.15) is 49.4 Å². The number of H-pyrrole nitrogens is 1. The van der Waals surface area contributed by atoms with Crippen molar-refractivity contribution in [2.24, 2.45) is 0 Å². The van der Waals surface area contributed by atoms with Crippen molar-refractivity contribution in [1.82, 2.24) is 25.4 Å². The number of nitrogens with zero attached hydrogens (tertiary/aromatic N) is 3. The maximum absolute atomic E-state index is 14.4. The molecule has 2 aliphatic rings. The summed E-state index contributed by atoms with van der Waals surface area (Å²) in [7, 11) is 0. The molecule has 2 aromatic rings. The van der Waals surface area contributed by atoms with Crippen molar-refractivity contribution in [2.45, 2.75) is 43.4 Å². The van der Waals surface area contributed by atoms with E-state index in [-0.39, 0.29) is 11.9 Å². The lowest BCUT2D eigenvalue weighted by Crippen LogP contribution is -2.45. The fourth-order valence-electron chi connectivity index (χ4n) is 4.44. The second-order valence-electron chi connectivity index (χ2n) is 7.55. The number of amides is 2. The number of aromatic nitrogens is 3. The van der Waals surface area contributed by atoms with Gasteiger partial charge in [-0.15, -0.1) is 0 Å². The Hall–Kier alpha value is -2.51. The summed E-state index contributed by atoms with van der Waals surface area (Å²) in [4.78, 5) is 18.6. The summed E-state index contributed by atoms with van der Waals surface area (Å²) in [5, 5.41) is 9.69. The number of hydrogen-bond acceptors (Lipinski definition) is 3. The average Bonchev–Trinajstić information content (AvgIpc) is 3.42. The first-order valence-electron chi connectivity index (χ1n) is 9.42. The molecule has 1 saturated carbocycles. The first kappa shape index (κ1) is 17.9. The summed E-state index contributed by atoms with van der Waals surface area (Å²) in [6.07, 6.45) is 5.68. The molecule has 27 heavy (non-hydrogen) atoms. The Morgan fingerprint density at radius 3 is 2.89 bits per heavy atom. The molecule has 0 radical (unpaired) electrons. The molecule has 1 atom stereocenters. The Kier molecular flexibility index (Phi) is 4.80. The zero-order chi connectivity index (χ0) is 18.9. The highest BCUT2D eigenvalue weighted by molar-refractivity contribution is 5.74. The molecular weight excluding hydrogens is 352 g/mol. The van der Waals surface area contributed by atoms with Gasteiger partial charge in [0.1, 0.15) is 12.2 Å². The molecule has 1 aromatic carbocycles. The molecule has 144 valence electrons. The SMILES string of the molecule is O=C(NCC1(c2cccc(F)c2F)CCCC1)N1CCC(c2ncn[nH]2)C1. The number of carbonyl (C=O) groups excluding carboxylic acids is 1. The minimum Gasteiger partial charge on any atom is -0.337 e. The van der Waals surface area contributed by atoms with Gasteiger partial charge in [0.25, 0.3) is 0 Å². The molecule has 8 heteroatoms. The van der Waals surface area contributed by atoms with Crippen LogP contribution in [-0.4, -0.2) is 45.7 Å². The molecule has 1 aromatic heterocycles. The molecule has 0 spiro atoms. The van der Waals surface area contributed by atoms with Gasteiger partial charge in [-0.05, 0) is 30.9 Å². The highest BCUT2D eigenvalue weighted by Crippen LogP contribution is 2.42. The van der Waals surface area contributed by atoms with Crippen LogP contribution in [0.3, 0.4) is 0 Å². The topological polar surface area (TPSA) is 73.9 Å². The highest BCUT2D eigenvalue weighted by atomic mass is 19.2. The highest BCUT2D eigenvalue weighted by Gasteiger charge is 2.39. The lowest BCUT2D eigenvalue weighted by molar-refractivity contribution is 0.204. The Bertz CT molecular complexity index is 804. The number of hydrogen-bond donors (Lipinski definition) is 2. The van der Waals surface area contributed by atoms with Crippen molar-refractivity contribution in [1.29, 1.82) is 0 Å². The molecule has 1 saturated heterocycles. The number of benzene rings is 1. The molecular formula is C19H23F2N5O. The Morgan fingerprint density at radius 1 is 1.33 bits per heavy atom. The Balaban J connectivity index is 1.43. The van der Waals surface area contributed by atoms with Crippen LogP contribution >= 0.6 is 0 Å². The van der Waals surface area contributed by atoms with Crippen molar-refractivity contribution in [3.8, 4) is 0 Å². The minimum atomic E-state index is -0.834. The van der Waals surface area contributed by atoms with E-state index in [0.29, 0.717) is 25.2 Å². The van der Waals surface area contributed by atoms with E-state index >= 15 is 0 Å². The third-order valence-electron chi connectivity index (χ3n) is 5.96. The molecule has 2 fully saturated rings. The quantitative estimate of drug-likeness (QED) is 0.862. The van der Waals surface area contributed by atoms with Gasteiger partial charge in [0.2, 0.25) is 0 Å². The molecule has 4 rings (SSSR count). The van der Waals surface area contributed by atoms with Crippen LogP contribution in [-0.2, 0) is 5.41 Å². The summed E-state index contributed by atoms with van der Waals surface area (Å²) >= 11 is 0. The largest absolute Gasteiger partial charge is 0.337 e. The van der Waals surface area contributed by atoms with Crippen molar-refractivity contribution < 1.29 is 13.6 Å². The number of aromatic amines is 1. The summed E-state index contributed by atoms with van der Waals surface area (Å²) in [5.74, 6) is -0.682. The normalized spacial score (nSPS) is 21.6. The minimum absolute atomic E-state index is 0.152. The van der Waals surface area contributed by atoms with Crippen LogP contribution in [0, 0.1) is 11.6 Å². The number of rotatable bonds is 4. The van der Waals surface area contributed by atoms with Crippen LogP contribution in [0.5, 0.6) is 0 Å².